The van der Waals surface area contributed by atoms with Crippen molar-refractivity contribution in [2.75, 3.05) is 14.2 Å². The summed E-state index contributed by atoms with van der Waals surface area (Å²) >= 11 is 8.68. The maximum Gasteiger partial charge on any atom is 0.337 e. The number of thiocarbonyl (C=S) groups is 1. The van der Waals surface area contributed by atoms with Crippen LogP contribution in [0.1, 0.15) is 18.5 Å². The Morgan fingerprint density at radius 2 is 2.10 bits per heavy atom. The summed E-state index contributed by atoms with van der Waals surface area (Å²) in [4.78, 5) is 12.1. The molecule has 0 radical (unpaired) electrons. The van der Waals surface area contributed by atoms with Crippen LogP contribution < -0.4 is 15.4 Å². The fraction of sp³-hybridized carbons (Fsp3) is 0.286. The van der Waals surface area contributed by atoms with Gasteiger partial charge in [0.2, 0.25) is 0 Å². The van der Waals surface area contributed by atoms with Crippen LogP contribution in [0.15, 0.2) is 33.9 Å². The van der Waals surface area contributed by atoms with Gasteiger partial charge < -0.3 is 20.1 Å². The van der Waals surface area contributed by atoms with E-state index in [-0.39, 0.29) is 0 Å². The Labute approximate surface area is 136 Å². The van der Waals surface area contributed by atoms with Gasteiger partial charge in [-0.05, 0) is 42.9 Å². The molecule has 0 spiro atoms. The van der Waals surface area contributed by atoms with Gasteiger partial charge in [-0.1, -0.05) is 15.9 Å². The molecule has 5 nitrogen and oxygen atoms in total. The van der Waals surface area contributed by atoms with Crippen molar-refractivity contribution in [3.63, 3.8) is 0 Å². The molecule has 1 heterocycles. The minimum Gasteiger partial charge on any atom is -0.497 e. The maximum absolute atomic E-state index is 12.1. The van der Waals surface area contributed by atoms with Crippen LogP contribution in [0.2, 0.25) is 0 Å². The molecule has 1 aromatic carbocycles. The minimum absolute atomic E-state index is 0.407. The van der Waals surface area contributed by atoms with Crippen molar-refractivity contribution < 1.29 is 14.3 Å². The number of esters is 1. The van der Waals surface area contributed by atoms with E-state index in [2.05, 4.69) is 26.6 Å². The molecule has 0 saturated heterocycles. The van der Waals surface area contributed by atoms with Crippen molar-refractivity contribution in [3.05, 3.63) is 39.5 Å². The largest absolute Gasteiger partial charge is 0.497 e. The second kappa shape index (κ2) is 6.44. The quantitative estimate of drug-likeness (QED) is 0.629. The molecule has 0 saturated carbocycles. The van der Waals surface area contributed by atoms with Crippen LogP contribution in [0.25, 0.3) is 0 Å². The van der Waals surface area contributed by atoms with Gasteiger partial charge in [0.25, 0.3) is 0 Å². The second-order valence-corrected chi connectivity index (χ2v) is 5.71. The third-order valence-corrected chi connectivity index (χ3v) is 4.13. The van der Waals surface area contributed by atoms with Crippen molar-refractivity contribution in [3.8, 4) is 5.75 Å². The Bertz CT molecular complexity index is 631. The van der Waals surface area contributed by atoms with E-state index in [1.807, 2.05) is 18.2 Å². The van der Waals surface area contributed by atoms with E-state index in [0.29, 0.717) is 22.1 Å². The highest BCUT2D eigenvalue weighted by atomic mass is 79.9. The molecule has 1 aromatic rings. The smallest absolute Gasteiger partial charge is 0.337 e. The maximum atomic E-state index is 12.1. The normalized spacial score (nSPS) is 17.9. The summed E-state index contributed by atoms with van der Waals surface area (Å²) in [6, 6.07) is 5.15. The van der Waals surface area contributed by atoms with Gasteiger partial charge in [0, 0.05) is 10.2 Å². The molecule has 21 heavy (non-hydrogen) atoms. The van der Waals surface area contributed by atoms with Gasteiger partial charge in [0.1, 0.15) is 5.75 Å². The molecule has 0 fully saturated rings. The van der Waals surface area contributed by atoms with Crippen molar-refractivity contribution in [2.45, 2.75) is 13.0 Å². The van der Waals surface area contributed by atoms with Crippen LogP contribution in [0, 0.1) is 0 Å². The zero-order chi connectivity index (χ0) is 15.6. The average molecular weight is 371 g/mol. The van der Waals surface area contributed by atoms with Gasteiger partial charge in [-0.2, -0.15) is 0 Å². The van der Waals surface area contributed by atoms with Gasteiger partial charge >= 0.3 is 5.97 Å². The van der Waals surface area contributed by atoms with Crippen LogP contribution in [-0.4, -0.2) is 25.3 Å². The topological polar surface area (TPSA) is 59.6 Å². The summed E-state index contributed by atoms with van der Waals surface area (Å²) in [7, 11) is 2.95. The molecular formula is C14H15BrN2O3S. The lowest BCUT2D eigenvalue weighted by molar-refractivity contribution is -0.136. The molecule has 0 amide bonds. The zero-order valence-electron chi connectivity index (χ0n) is 11.8. The second-order valence-electron chi connectivity index (χ2n) is 4.45. The number of allylic oxidation sites excluding steroid dienone is 1. The first-order chi connectivity index (χ1) is 9.97. The molecular weight excluding hydrogens is 356 g/mol. The molecule has 1 atom stereocenters. The highest BCUT2D eigenvalue weighted by Crippen LogP contribution is 2.34. The van der Waals surface area contributed by atoms with Crippen LogP contribution >= 0.6 is 28.1 Å². The molecule has 1 unspecified atom stereocenters. The third-order valence-electron chi connectivity index (χ3n) is 3.19. The van der Waals surface area contributed by atoms with Crippen molar-refractivity contribution in [2.24, 2.45) is 0 Å². The van der Waals surface area contributed by atoms with Crippen LogP contribution in [-0.2, 0) is 9.53 Å². The average Bonchev–Trinajstić information content (AvgIpc) is 2.46. The number of hydrogen-bond donors (Lipinski definition) is 2. The lowest BCUT2D eigenvalue weighted by Crippen LogP contribution is -2.45. The number of ether oxygens (including phenoxy) is 2. The lowest BCUT2D eigenvalue weighted by Gasteiger charge is -2.30. The van der Waals surface area contributed by atoms with Crippen molar-refractivity contribution in [1.29, 1.82) is 0 Å². The number of rotatable bonds is 3. The van der Waals surface area contributed by atoms with E-state index in [1.165, 1.54) is 7.11 Å². The molecule has 0 bridgehead atoms. The zero-order valence-corrected chi connectivity index (χ0v) is 14.2. The fourth-order valence-electron chi connectivity index (χ4n) is 2.18. The molecule has 2 rings (SSSR count). The molecule has 2 N–H and O–H groups in total. The highest BCUT2D eigenvalue weighted by Gasteiger charge is 2.31. The number of halogens is 1. The van der Waals surface area contributed by atoms with Crippen LogP contribution in [0.3, 0.4) is 0 Å². The standard InChI is InChI=1S/C14H15BrN2O3S/c1-7-11(13(18)20-3)12(17-14(21)16-7)9-6-8(19-2)4-5-10(9)15/h4-6,12H,1-3H3,(H2,16,17,21). The van der Waals surface area contributed by atoms with E-state index >= 15 is 0 Å². The Morgan fingerprint density at radius 1 is 1.38 bits per heavy atom. The lowest BCUT2D eigenvalue weighted by atomic mass is 9.95. The Hall–Kier alpha value is -1.60. The molecule has 7 heteroatoms. The van der Waals surface area contributed by atoms with Crippen LogP contribution in [0.5, 0.6) is 5.75 Å². The van der Waals surface area contributed by atoms with Gasteiger partial charge in [-0.25, -0.2) is 4.79 Å². The first-order valence-corrected chi connectivity index (χ1v) is 7.38. The molecule has 0 aliphatic carbocycles. The van der Waals surface area contributed by atoms with Gasteiger partial charge in [-0.3, -0.25) is 0 Å². The predicted molar refractivity (Wildman–Crippen MR) is 87.0 cm³/mol. The minimum atomic E-state index is -0.408. The number of hydrogen-bond acceptors (Lipinski definition) is 4. The number of carbonyl (C=O) groups is 1. The molecule has 112 valence electrons. The number of benzene rings is 1. The summed E-state index contributed by atoms with van der Waals surface area (Å²) < 4.78 is 11.0. The van der Waals surface area contributed by atoms with E-state index in [1.54, 1.807) is 14.0 Å². The van der Waals surface area contributed by atoms with Gasteiger partial charge in [-0.15, -0.1) is 0 Å². The fourth-order valence-corrected chi connectivity index (χ4v) is 2.92. The summed E-state index contributed by atoms with van der Waals surface area (Å²) in [6.07, 6.45) is 0. The monoisotopic (exact) mass is 370 g/mol. The van der Waals surface area contributed by atoms with Crippen molar-refractivity contribution >= 4 is 39.2 Å². The Morgan fingerprint density at radius 3 is 2.71 bits per heavy atom. The Kier molecular flexibility index (Phi) is 4.84. The van der Waals surface area contributed by atoms with Crippen molar-refractivity contribution in [1.82, 2.24) is 10.6 Å². The highest BCUT2D eigenvalue weighted by molar-refractivity contribution is 9.10. The van der Waals surface area contributed by atoms with E-state index in [0.717, 1.165) is 10.0 Å². The summed E-state index contributed by atoms with van der Waals surface area (Å²) in [5.41, 5.74) is 2.00. The molecule has 1 aliphatic heterocycles. The third kappa shape index (κ3) is 3.19. The van der Waals surface area contributed by atoms with E-state index in [4.69, 9.17) is 21.7 Å². The first kappa shape index (κ1) is 15.8. The van der Waals surface area contributed by atoms with Gasteiger partial charge in [0.05, 0.1) is 25.8 Å². The number of nitrogens with one attached hydrogen (secondary N) is 2. The summed E-state index contributed by atoms with van der Waals surface area (Å²) in [5, 5.41) is 6.50. The van der Waals surface area contributed by atoms with Gasteiger partial charge in [0.15, 0.2) is 5.11 Å². The Balaban J connectivity index is 2.56. The summed E-state index contributed by atoms with van der Waals surface area (Å²) in [5.74, 6) is 0.288. The predicted octanol–water partition coefficient (Wildman–Crippen LogP) is 2.42. The van der Waals surface area contributed by atoms with E-state index < -0.39 is 12.0 Å². The molecule has 1 aliphatic rings. The summed E-state index contributed by atoms with van der Waals surface area (Å²) in [6.45, 7) is 1.79. The molecule has 0 aromatic heterocycles. The SMILES string of the molecule is COC(=O)C1=C(C)NC(=S)NC1c1cc(OC)ccc1Br. The van der Waals surface area contributed by atoms with Crippen LogP contribution in [0.4, 0.5) is 0 Å². The van der Waals surface area contributed by atoms with E-state index in [9.17, 15) is 4.79 Å². The first-order valence-electron chi connectivity index (χ1n) is 6.18. The number of methoxy groups -OCH3 is 2. The number of carbonyl (C=O) groups excluding carboxylic acids is 1.